The van der Waals surface area contributed by atoms with Gasteiger partial charge in [0.2, 0.25) is 0 Å². The van der Waals surface area contributed by atoms with Crippen molar-refractivity contribution in [2.75, 3.05) is 12.4 Å². The number of aromatic nitrogens is 1. The van der Waals surface area contributed by atoms with Crippen LogP contribution in [0.15, 0.2) is 10.9 Å². The zero-order valence-electron chi connectivity index (χ0n) is 8.48. The van der Waals surface area contributed by atoms with E-state index in [4.69, 9.17) is 0 Å². The molecule has 0 aliphatic rings. The molecule has 5 nitrogen and oxygen atoms in total. The third kappa shape index (κ3) is 3.22. The van der Waals surface area contributed by atoms with E-state index in [2.05, 4.69) is 15.6 Å². The fraction of sp³-hybridized carbons (Fsp3) is 0.333. The van der Waals surface area contributed by atoms with Gasteiger partial charge in [0, 0.05) is 53.5 Å². The first-order valence-electron chi connectivity index (χ1n) is 4.38. The van der Waals surface area contributed by atoms with Crippen LogP contribution < -0.4 is 16.1 Å². The predicted molar refractivity (Wildman–Crippen MR) is 67.6 cm³/mol. The molecule has 1 amide bonds. The van der Waals surface area contributed by atoms with Gasteiger partial charge in [-0.3, -0.25) is 9.59 Å². The molecule has 0 saturated heterocycles. The lowest BCUT2D eigenvalue weighted by Gasteiger charge is -2.07. The van der Waals surface area contributed by atoms with Gasteiger partial charge in [0.05, 0.1) is 0 Å². The number of carbonyl (C=O) groups is 1. The van der Waals surface area contributed by atoms with Crippen LogP contribution in [0.4, 0.5) is 10.6 Å². The Morgan fingerprint density at radius 3 is 2.73 bits per heavy atom. The van der Waals surface area contributed by atoms with Gasteiger partial charge in [0.1, 0.15) is 5.82 Å². The summed E-state index contributed by atoms with van der Waals surface area (Å²) in [4.78, 5) is 25.4. The molecule has 0 unspecified atom stereocenters. The summed E-state index contributed by atoms with van der Waals surface area (Å²) in [5, 5.41) is 5.44. The second-order valence-corrected chi connectivity index (χ2v) is 4.01. The van der Waals surface area contributed by atoms with Crippen molar-refractivity contribution in [3.63, 3.8) is 0 Å². The van der Waals surface area contributed by atoms with Crippen LogP contribution in [-0.2, 0) is 6.54 Å². The number of carbonyl (C=O) groups excluding carboxylic acids is 1. The van der Waals surface area contributed by atoms with Crippen LogP contribution in [-0.4, -0.2) is 15.9 Å². The summed E-state index contributed by atoms with van der Waals surface area (Å²) in [6.45, 7) is 2.06. The molecule has 3 N–H and O–H groups in total. The molecular weight excluding hydrogens is 309 g/mol. The van der Waals surface area contributed by atoms with E-state index < -0.39 is 0 Å². The van der Waals surface area contributed by atoms with E-state index in [0.29, 0.717) is 11.4 Å². The third-order valence-electron chi connectivity index (χ3n) is 2.02. The first-order chi connectivity index (χ1) is 7.04. The number of hydrogen-bond donors (Lipinski definition) is 3. The van der Waals surface area contributed by atoms with Crippen LogP contribution in [0.3, 0.4) is 0 Å². The quantitative estimate of drug-likeness (QED) is 0.447. The molecule has 0 saturated carbocycles. The Balaban J connectivity index is 2.98. The molecule has 82 valence electrons. The third-order valence-corrected chi connectivity index (χ3v) is 2.40. The highest BCUT2D eigenvalue weighted by molar-refractivity contribution is 14.1. The summed E-state index contributed by atoms with van der Waals surface area (Å²) in [5.74, 6) is 0.669. The van der Waals surface area contributed by atoms with Crippen LogP contribution in [0, 0.1) is 6.92 Å². The van der Waals surface area contributed by atoms with E-state index in [-0.39, 0.29) is 15.9 Å². The van der Waals surface area contributed by atoms with Gasteiger partial charge < -0.3 is 15.6 Å². The van der Waals surface area contributed by atoms with Gasteiger partial charge in [-0.15, -0.1) is 0 Å². The number of halogens is 1. The first kappa shape index (κ1) is 12.0. The average molecular weight is 321 g/mol. The Bertz CT molecular complexity index is 428. The van der Waals surface area contributed by atoms with Gasteiger partial charge in [-0.2, -0.15) is 0 Å². The number of nitrogens with one attached hydrogen (secondary N) is 3. The fourth-order valence-electron chi connectivity index (χ4n) is 1.23. The molecule has 0 aliphatic heterocycles. The molecule has 1 heterocycles. The maximum absolute atomic E-state index is 11.6. The number of rotatable bonds is 3. The van der Waals surface area contributed by atoms with E-state index in [1.54, 1.807) is 36.6 Å². The minimum absolute atomic E-state index is 0.0826. The normalized spacial score (nSPS) is 9.80. The Morgan fingerprint density at radius 2 is 2.27 bits per heavy atom. The second kappa shape index (κ2) is 5.15. The van der Waals surface area contributed by atoms with E-state index in [9.17, 15) is 9.59 Å². The number of aryl methyl sites for hydroxylation is 1. The lowest BCUT2D eigenvalue weighted by atomic mass is 10.2. The van der Waals surface area contributed by atoms with Crippen LogP contribution in [0.25, 0.3) is 0 Å². The lowest BCUT2D eigenvalue weighted by molar-refractivity contribution is 0.262. The van der Waals surface area contributed by atoms with Crippen LogP contribution >= 0.6 is 22.6 Å². The van der Waals surface area contributed by atoms with Crippen molar-refractivity contribution in [1.29, 1.82) is 0 Å². The molecule has 1 aromatic rings. The molecular formula is C9H12IN3O2. The monoisotopic (exact) mass is 321 g/mol. The topological polar surface area (TPSA) is 74.0 Å². The molecule has 0 atom stereocenters. The summed E-state index contributed by atoms with van der Waals surface area (Å²) >= 11 is 1.63. The summed E-state index contributed by atoms with van der Waals surface area (Å²) in [5.41, 5.74) is 1.26. The van der Waals surface area contributed by atoms with Crippen LogP contribution in [0.5, 0.6) is 0 Å². The standard InChI is InChI=1S/C9H12IN3O2/c1-5-6(4-12-9(10)15)7(14)3-8(11-2)13-5/h3H,4H2,1-2H3,(H,12,15)(H2,11,13,14). The number of amides is 1. The predicted octanol–water partition coefficient (Wildman–Crippen LogP) is 1.37. The van der Waals surface area contributed by atoms with Gasteiger partial charge in [-0.1, -0.05) is 0 Å². The van der Waals surface area contributed by atoms with Crippen molar-refractivity contribution in [2.45, 2.75) is 13.5 Å². The molecule has 0 bridgehead atoms. The van der Waals surface area contributed by atoms with Crippen molar-refractivity contribution in [3.05, 3.63) is 27.5 Å². The second-order valence-electron chi connectivity index (χ2n) is 3.03. The van der Waals surface area contributed by atoms with Gasteiger partial charge in [0.25, 0.3) is 3.91 Å². The van der Waals surface area contributed by atoms with Gasteiger partial charge in [-0.25, -0.2) is 0 Å². The molecule has 15 heavy (non-hydrogen) atoms. The number of H-pyrrole nitrogens is 1. The smallest absolute Gasteiger partial charge is 0.280 e. The highest BCUT2D eigenvalue weighted by Crippen LogP contribution is 2.04. The van der Waals surface area contributed by atoms with Crippen molar-refractivity contribution in [2.24, 2.45) is 0 Å². The maximum Gasteiger partial charge on any atom is 0.280 e. The highest BCUT2D eigenvalue weighted by atomic mass is 127. The molecule has 0 fully saturated rings. The van der Waals surface area contributed by atoms with Gasteiger partial charge >= 0.3 is 0 Å². The van der Waals surface area contributed by atoms with E-state index in [1.165, 1.54) is 6.07 Å². The van der Waals surface area contributed by atoms with Crippen molar-refractivity contribution < 1.29 is 4.79 Å². The van der Waals surface area contributed by atoms with Crippen molar-refractivity contribution >= 4 is 32.3 Å². The Morgan fingerprint density at radius 1 is 1.60 bits per heavy atom. The van der Waals surface area contributed by atoms with Crippen LogP contribution in [0.1, 0.15) is 11.3 Å². The van der Waals surface area contributed by atoms with Crippen molar-refractivity contribution in [1.82, 2.24) is 10.3 Å². The first-order valence-corrected chi connectivity index (χ1v) is 5.46. The Kier molecular flexibility index (Phi) is 4.13. The minimum atomic E-state index is -0.177. The maximum atomic E-state index is 11.6. The number of pyridine rings is 1. The molecule has 0 spiro atoms. The van der Waals surface area contributed by atoms with Gasteiger partial charge in [0.15, 0.2) is 5.43 Å². The van der Waals surface area contributed by atoms with E-state index in [1.807, 2.05) is 0 Å². The van der Waals surface area contributed by atoms with E-state index in [0.717, 1.165) is 5.69 Å². The minimum Gasteiger partial charge on any atom is -0.375 e. The zero-order chi connectivity index (χ0) is 11.4. The lowest BCUT2D eigenvalue weighted by Crippen LogP contribution is -2.22. The van der Waals surface area contributed by atoms with Crippen molar-refractivity contribution in [3.8, 4) is 0 Å². The number of anilines is 1. The molecule has 1 aromatic heterocycles. The Hall–Kier alpha value is -1.05. The number of aromatic amines is 1. The molecule has 0 aromatic carbocycles. The van der Waals surface area contributed by atoms with Crippen LogP contribution in [0.2, 0.25) is 0 Å². The van der Waals surface area contributed by atoms with Gasteiger partial charge in [-0.05, 0) is 6.92 Å². The average Bonchev–Trinajstić information content (AvgIpc) is 2.15. The Labute approximate surface area is 101 Å². The summed E-state index contributed by atoms with van der Waals surface area (Å²) < 4.78 is -0.177. The summed E-state index contributed by atoms with van der Waals surface area (Å²) in [7, 11) is 1.73. The SMILES string of the molecule is CNc1cc(=O)c(CNC(=O)I)c(C)[nH]1. The highest BCUT2D eigenvalue weighted by Gasteiger charge is 2.06. The molecule has 1 rings (SSSR count). The van der Waals surface area contributed by atoms with E-state index >= 15 is 0 Å². The molecule has 0 radical (unpaired) electrons. The molecule has 6 heteroatoms. The zero-order valence-corrected chi connectivity index (χ0v) is 10.6. The molecule has 0 aliphatic carbocycles. The summed E-state index contributed by atoms with van der Waals surface area (Å²) in [6, 6.07) is 1.47. The number of hydrogen-bond acceptors (Lipinski definition) is 3. The summed E-state index contributed by atoms with van der Waals surface area (Å²) in [6.07, 6.45) is 0. The fourth-order valence-corrected chi connectivity index (χ4v) is 1.42. The largest absolute Gasteiger partial charge is 0.375 e.